The summed E-state index contributed by atoms with van der Waals surface area (Å²) in [5.41, 5.74) is 0.168. The Morgan fingerprint density at radius 1 is 1.38 bits per heavy atom. The Morgan fingerprint density at radius 3 is 2.54 bits per heavy atom. The molecule has 0 amide bonds. The van der Waals surface area contributed by atoms with Crippen molar-refractivity contribution in [3.05, 3.63) is 28.5 Å². The number of hydrogen-bond acceptors (Lipinski definition) is 1. The van der Waals surface area contributed by atoms with Gasteiger partial charge in [-0.3, -0.25) is 0 Å². The molecule has 0 aliphatic heterocycles. The summed E-state index contributed by atoms with van der Waals surface area (Å²) >= 11 is 5.47. The highest BCUT2D eigenvalue weighted by molar-refractivity contribution is 6.31. The van der Waals surface area contributed by atoms with Gasteiger partial charge in [0.1, 0.15) is 11.6 Å². The number of ether oxygens (including phenoxy) is 1. The minimum Gasteiger partial charge on any atom is -0.434 e. The van der Waals surface area contributed by atoms with Crippen LogP contribution in [0.25, 0.3) is 0 Å². The fraction of sp³-hybridized carbons (Fsp3) is 0.250. The molecule has 72 valence electrons. The van der Waals surface area contributed by atoms with Crippen LogP contribution in [0, 0.1) is 12.7 Å². The second-order valence-electron chi connectivity index (χ2n) is 2.36. The summed E-state index contributed by atoms with van der Waals surface area (Å²) in [5, 5.41) is -0.196. The third-order valence-electron chi connectivity index (χ3n) is 1.51. The molecular formula is C8H6ClF3O. The van der Waals surface area contributed by atoms with E-state index in [1.807, 2.05) is 0 Å². The highest BCUT2D eigenvalue weighted by Crippen LogP contribution is 2.28. The number of rotatable bonds is 2. The van der Waals surface area contributed by atoms with Crippen LogP contribution < -0.4 is 4.74 Å². The summed E-state index contributed by atoms with van der Waals surface area (Å²) in [6, 6.07) is 2.09. The average molecular weight is 211 g/mol. The summed E-state index contributed by atoms with van der Waals surface area (Å²) in [7, 11) is 0. The maximum atomic E-state index is 12.7. The number of halogens is 4. The number of alkyl halides is 2. The van der Waals surface area contributed by atoms with Gasteiger partial charge in [0.05, 0.1) is 5.02 Å². The molecule has 0 saturated carbocycles. The Balaban J connectivity index is 3.04. The SMILES string of the molecule is Cc1c(OC(F)F)ccc(F)c1Cl. The van der Waals surface area contributed by atoms with Gasteiger partial charge in [-0.1, -0.05) is 11.6 Å². The monoisotopic (exact) mass is 210 g/mol. The fourth-order valence-corrected chi connectivity index (χ4v) is 1.01. The molecule has 1 nitrogen and oxygen atoms in total. The lowest BCUT2D eigenvalue weighted by Gasteiger charge is -2.08. The van der Waals surface area contributed by atoms with E-state index in [9.17, 15) is 13.2 Å². The summed E-state index contributed by atoms with van der Waals surface area (Å²) in [6.45, 7) is -1.52. The molecule has 13 heavy (non-hydrogen) atoms. The molecule has 1 aromatic rings. The van der Waals surface area contributed by atoms with Crippen molar-refractivity contribution >= 4 is 11.6 Å². The first kappa shape index (κ1) is 10.2. The summed E-state index contributed by atoms with van der Waals surface area (Å²) < 4.78 is 40.4. The van der Waals surface area contributed by atoms with Gasteiger partial charge < -0.3 is 4.74 Å². The van der Waals surface area contributed by atoms with Crippen LogP contribution in [0.4, 0.5) is 13.2 Å². The van der Waals surface area contributed by atoms with Gasteiger partial charge in [-0.25, -0.2) is 4.39 Å². The molecule has 0 aliphatic rings. The predicted octanol–water partition coefficient (Wildman–Crippen LogP) is 3.39. The average Bonchev–Trinajstić information content (AvgIpc) is 2.06. The molecule has 0 aromatic heterocycles. The summed E-state index contributed by atoms with van der Waals surface area (Å²) in [4.78, 5) is 0. The molecule has 1 rings (SSSR count). The Kier molecular flexibility index (Phi) is 3.03. The largest absolute Gasteiger partial charge is 0.434 e. The minimum absolute atomic E-state index is 0.110. The molecule has 0 bridgehead atoms. The van der Waals surface area contributed by atoms with E-state index in [2.05, 4.69) is 4.74 Å². The molecule has 5 heteroatoms. The van der Waals surface area contributed by atoms with E-state index in [-0.39, 0.29) is 16.3 Å². The predicted molar refractivity (Wildman–Crippen MR) is 42.8 cm³/mol. The first-order valence-electron chi connectivity index (χ1n) is 3.41. The fourth-order valence-electron chi connectivity index (χ4n) is 0.858. The molecule has 0 spiro atoms. The molecule has 0 unspecified atom stereocenters. The second-order valence-corrected chi connectivity index (χ2v) is 2.74. The van der Waals surface area contributed by atoms with E-state index in [0.29, 0.717) is 0 Å². The topological polar surface area (TPSA) is 9.23 Å². The first-order valence-corrected chi connectivity index (χ1v) is 3.79. The van der Waals surface area contributed by atoms with Crippen molar-refractivity contribution in [3.8, 4) is 5.75 Å². The molecule has 0 aliphatic carbocycles. The van der Waals surface area contributed by atoms with Crippen LogP contribution >= 0.6 is 11.6 Å². The Labute approximate surface area is 78.1 Å². The van der Waals surface area contributed by atoms with Gasteiger partial charge in [0.25, 0.3) is 0 Å². The van der Waals surface area contributed by atoms with E-state index >= 15 is 0 Å². The van der Waals surface area contributed by atoms with Crippen molar-refractivity contribution in [1.29, 1.82) is 0 Å². The summed E-state index contributed by atoms with van der Waals surface area (Å²) in [5.74, 6) is -0.762. The third kappa shape index (κ3) is 2.28. The Morgan fingerprint density at radius 2 is 2.00 bits per heavy atom. The summed E-state index contributed by atoms with van der Waals surface area (Å²) in [6.07, 6.45) is 0. The van der Waals surface area contributed by atoms with Gasteiger partial charge in [-0.2, -0.15) is 8.78 Å². The van der Waals surface area contributed by atoms with E-state index in [1.165, 1.54) is 6.92 Å². The minimum atomic E-state index is -2.93. The van der Waals surface area contributed by atoms with E-state index < -0.39 is 12.4 Å². The molecule has 0 heterocycles. The lowest BCUT2D eigenvalue weighted by Crippen LogP contribution is -2.03. The lowest BCUT2D eigenvalue weighted by molar-refractivity contribution is -0.0503. The second kappa shape index (κ2) is 3.87. The van der Waals surface area contributed by atoms with Gasteiger partial charge in [0.15, 0.2) is 0 Å². The number of benzene rings is 1. The third-order valence-corrected chi connectivity index (χ3v) is 1.97. The highest BCUT2D eigenvalue weighted by Gasteiger charge is 2.12. The van der Waals surface area contributed by atoms with E-state index in [4.69, 9.17) is 11.6 Å². The quantitative estimate of drug-likeness (QED) is 0.727. The van der Waals surface area contributed by atoms with Gasteiger partial charge >= 0.3 is 6.61 Å². The van der Waals surface area contributed by atoms with Crippen LogP contribution in [0.1, 0.15) is 5.56 Å². The van der Waals surface area contributed by atoms with Crippen LogP contribution in [0.15, 0.2) is 12.1 Å². The van der Waals surface area contributed by atoms with Crippen LogP contribution in [0.5, 0.6) is 5.75 Å². The van der Waals surface area contributed by atoms with Crippen LogP contribution in [0.2, 0.25) is 5.02 Å². The van der Waals surface area contributed by atoms with Crippen molar-refractivity contribution in [3.63, 3.8) is 0 Å². The molecule has 0 radical (unpaired) electrons. The van der Waals surface area contributed by atoms with E-state index in [0.717, 1.165) is 12.1 Å². The van der Waals surface area contributed by atoms with Gasteiger partial charge in [0.2, 0.25) is 0 Å². The van der Waals surface area contributed by atoms with E-state index in [1.54, 1.807) is 0 Å². The zero-order valence-corrected chi connectivity index (χ0v) is 7.41. The normalized spacial score (nSPS) is 10.6. The molecule has 0 atom stereocenters. The molecule has 0 fully saturated rings. The van der Waals surface area contributed by atoms with Crippen molar-refractivity contribution in [1.82, 2.24) is 0 Å². The standard InChI is InChI=1S/C8H6ClF3O/c1-4-6(13-8(11)12)3-2-5(10)7(4)9/h2-3,8H,1H3. The van der Waals surface area contributed by atoms with Crippen molar-refractivity contribution in [2.24, 2.45) is 0 Å². The van der Waals surface area contributed by atoms with Gasteiger partial charge in [0, 0.05) is 5.56 Å². The lowest BCUT2D eigenvalue weighted by atomic mass is 10.2. The molecular weight excluding hydrogens is 205 g/mol. The van der Waals surface area contributed by atoms with Gasteiger partial charge in [-0.05, 0) is 19.1 Å². The number of hydrogen-bond donors (Lipinski definition) is 0. The maximum Gasteiger partial charge on any atom is 0.387 e. The molecule has 1 aromatic carbocycles. The molecule has 0 saturated heterocycles. The van der Waals surface area contributed by atoms with Crippen molar-refractivity contribution in [2.75, 3.05) is 0 Å². The van der Waals surface area contributed by atoms with Crippen LogP contribution in [0.3, 0.4) is 0 Å². The van der Waals surface area contributed by atoms with Crippen LogP contribution in [-0.4, -0.2) is 6.61 Å². The Bertz CT molecular complexity index is 315. The first-order chi connectivity index (χ1) is 6.02. The Hall–Kier alpha value is -0.900. The van der Waals surface area contributed by atoms with Crippen molar-refractivity contribution < 1.29 is 17.9 Å². The van der Waals surface area contributed by atoms with Gasteiger partial charge in [-0.15, -0.1) is 0 Å². The maximum absolute atomic E-state index is 12.7. The molecule has 0 N–H and O–H groups in total. The zero-order valence-electron chi connectivity index (χ0n) is 6.65. The zero-order chi connectivity index (χ0) is 10.0. The smallest absolute Gasteiger partial charge is 0.387 e. The van der Waals surface area contributed by atoms with Crippen LogP contribution in [-0.2, 0) is 0 Å². The highest BCUT2D eigenvalue weighted by atomic mass is 35.5. The van der Waals surface area contributed by atoms with Crippen molar-refractivity contribution in [2.45, 2.75) is 13.5 Å².